The first-order valence-electron chi connectivity index (χ1n) is 10.1. The molecule has 1 saturated carbocycles. The molecule has 1 aromatic heterocycles. The molecular weight excluding hydrogens is 371 g/mol. The number of halogens is 1. The normalized spacial score (nSPS) is 22.1. The van der Waals surface area contributed by atoms with Gasteiger partial charge in [0.2, 0.25) is 5.91 Å². The van der Waals surface area contributed by atoms with Crippen LogP contribution in [0.5, 0.6) is 0 Å². The molecule has 152 valence electrons. The van der Waals surface area contributed by atoms with Crippen LogP contribution in [0, 0.1) is 11.7 Å². The summed E-state index contributed by atoms with van der Waals surface area (Å²) >= 11 is 0. The monoisotopic (exact) mass is 396 g/mol. The lowest BCUT2D eigenvalue weighted by Gasteiger charge is -2.40. The Morgan fingerprint density at radius 2 is 1.86 bits per heavy atom. The molecular formula is C22H25FN4O2. The van der Waals surface area contributed by atoms with Gasteiger partial charge < -0.3 is 16.0 Å². The average molecular weight is 396 g/mol. The molecule has 7 heteroatoms. The van der Waals surface area contributed by atoms with Gasteiger partial charge in [0.1, 0.15) is 5.82 Å². The van der Waals surface area contributed by atoms with E-state index in [9.17, 15) is 14.0 Å². The molecule has 2 heterocycles. The van der Waals surface area contributed by atoms with Crippen LogP contribution in [0.15, 0.2) is 42.6 Å². The minimum Gasteiger partial charge on any atom is -0.349 e. The Hall–Kier alpha value is -2.80. The van der Waals surface area contributed by atoms with Crippen LogP contribution in [0.1, 0.15) is 36.0 Å². The lowest BCUT2D eigenvalue weighted by atomic mass is 9.84. The van der Waals surface area contributed by atoms with Crippen LogP contribution >= 0.6 is 0 Å². The molecule has 2 aliphatic rings. The maximum Gasteiger partial charge on any atom is 0.253 e. The minimum atomic E-state index is -0.322. The molecule has 29 heavy (non-hydrogen) atoms. The highest BCUT2D eigenvalue weighted by Crippen LogP contribution is 2.27. The molecule has 6 nitrogen and oxygen atoms in total. The Balaban J connectivity index is 1.29. The van der Waals surface area contributed by atoms with Crippen LogP contribution < -0.4 is 11.1 Å². The first-order chi connectivity index (χ1) is 14.0. The van der Waals surface area contributed by atoms with Gasteiger partial charge in [-0.1, -0.05) is 12.1 Å². The van der Waals surface area contributed by atoms with Gasteiger partial charge in [-0.05, 0) is 49.9 Å². The summed E-state index contributed by atoms with van der Waals surface area (Å²) in [6.45, 7) is 1.32. The van der Waals surface area contributed by atoms with Gasteiger partial charge in [0.05, 0.1) is 11.3 Å². The molecule has 0 bridgehead atoms. The van der Waals surface area contributed by atoms with Crippen molar-refractivity contribution in [3.8, 4) is 11.3 Å². The number of nitrogens with zero attached hydrogens (tertiary/aromatic N) is 2. The summed E-state index contributed by atoms with van der Waals surface area (Å²) in [4.78, 5) is 31.1. The summed E-state index contributed by atoms with van der Waals surface area (Å²) in [7, 11) is 0. The summed E-state index contributed by atoms with van der Waals surface area (Å²) < 4.78 is 13.4. The summed E-state index contributed by atoms with van der Waals surface area (Å²) in [6, 6.07) is 9.80. The van der Waals surface area contributed by atoms with Crippen LogP contribution in [0.25, 0.3) is 11.3 Å². The van der Waals surface area contributed by atoms with Crippen molar-refractivity contribution in [1.82, 2.24) is 15.2 Å². The van der Waals surface area contributed by atoms with Gasteiger partial charge in [-0.15, -0.1) is 0 Å². The average Bonchev–Trinajstić information content (AvgIpc) is 2.71. The number of likely N-dealkylation sites (tertiary alicyclic amines) is 1. The fourth-order valence-corrected chi connectivity index (χ4v) is 4.05. The van der Waals surface area contributed by atoms with Crippen LogP contribution in [0.2, 0.25) is 0 Å². The molecule has 2 fully saturated rings. The molecule has 2 aromatic rings. The number of pyridine rings is 1. The van der Waals surface area contributed by atoms with Crippen LogP contribution in [-0.2, 0) is 4.79 Å². The maximum atomic E-state index is 13.4. The number of rotatable bonds is 4. The van der Waals surface area contributed by atoms with Crippen LogP contribution in [0.4, 0.5) is 4.39 Å². The van der Waals surface area contributed by atoms with Crippen molar-refractivity contribution in [3.05, 3.63) is 54.0 Å². The molecule has 2 amide bonds. The number of hydrogen-bond acceptors (Lipinski definition) is 4. The summed E-state index contributed by atoms with van der Waals surface area (Å²) in [5.74, 6) is -0.250. The number of aromatic nitrogens is 1. The van der Waals surface area contributed by atoms with Gasteiger partial charge in [-0.25, -0.2) is 4.39 Å². The largest absolute Gasteiger partial charge is 0.349 e. The lowest BCUT2D eigenvalue weighted by Crippen LogP contribution is -2.59. The molecule has 1 aliphatic heterocycles. The van der Waals surface area contributed by atoms with Crippen molar-refractivity contribution < 1.29 is 14.0 Å². The number of nitrogens with one attached hydrogen (secondary N) is 1. The third-order valence-electron chi connectivity index (χ3n) is 5.78. The minimum absolute atomic E-state index is 0.0443. The molecule has 4 rings (SSSR count). The van der Waals surface area contributed by atoms with Crippen molar-refractivity contribution in [1.29, 1.82) is 0 Å². The number of benzene rings is 1. The van der Waals surface area contributed by atoms with Gasteiger partial charge in [0.15, 0.2) is 0 Å². The van der Waals surface area contributed by atoms with Crippen molar-refractivity contribution in [2.75, 3.05) is 13.1 Å². The third kappa shape index (κ3) is 4.45. The van der Waals surface area contributed by atoms with Crippen molar-refractivity contribution in [2.45, 2.75) is 37.8 Å². The highest BCUT2D eigenvalue weighted by Gasteiger charge is 2.34. The molecule has 3 N–H and O–H groups in total. The Kier molecular flexibility index (Phi) is 5.58. The van der Waals surface area contributed by atoms with E-state index in [1.165, 1.54) is 18.3 Å². The summed E-state index contributed by atoms with van der Waals surface area (Å²) in [5.41, 5.74) is 7.51. The van der Waals surface area contributed by atoms with E-state index in [4.69, 9.17) is 5.73 Å². The fourth-order valence-electron chi connectivity index (χ4n) is 4.05. The molecule has 0 spiro atoms. The highest BCUT2D eigenvalue weighted by molar-refractivity contribution is 5.94. The molecule has 1 aliphatic carbocycles. The number of carbonyl (C=O) groups is 2. The molecule has 0 radical (unpaired) electrons. The van der Waals surface area contributed by atoms with Gasteiger partial charge >= 0.3 is 0 Å². The highest BCUT2D eigenvalue weighted by atomic mass is 19.1. The number of hydrogen-bond donors (Lipinski definition) is 2. The maximum absolute atomic E-state index is 13.4. The fraction of sp³-hybridized carbons (Fsp3) is 0.409. The molecule has 1 aromatic carbocycles. The van der Waals surface area contributed by atoms with Crippen LogP contribution in [-0.4, -0.2) is 46.9 Å². The summed E-state index contributed by atoms with van der Waals surface area (Å²) in [6.07, 6.45) is 4.66. The topological polar surface area (TPSA) is 88.3 Å². The van der Waals surface area contributed by atoms with Crippen molar-refractivity contribution >= 4 is 11.8 Å². The predicted molar refractivity (Wildman–Crippen MR) is 107 cm³/mol. The Morgan fingerprint density at radius 3 is 2.48 bits per heavy atom. The van der Waals surface area contributed by atoms with E-state index in [0.717, 1.165) is 25.7 Å². The standard InChI is InChI=1S/C22H25FN4O2/c23-17-3-1-2-15(10-17)20-9-6-16(11-25-20)21(28)26-19-7-4-14(5-8-19)22(29)27-12-18(24)13-27/h1-3,6,9-11,14,18-19H,4-5,7-8,12-13,24H2,(H,26,28)/t14-,19-. The Bertz CT molecular complexity index is 888. The van der Waals surface area contributed by atoms with E-state index in [-0.39, 0.29) is 35.6 Å². The zero-order valence-corrected chi connectivity index (χ0v) is 16.2. The second kappa shape index (κ2) is 8.29. The lowest BCUT2D eigenvalue weighted by molar-refractivity contribution is -0.141. The first-order valence-corrected chi connectivity index (χ1v) is 10.1. The zero-order valence-electron chi connectivity index (χ0n) is 16.2. The number of nitrogens with two attached hydrogens (primary N) is 1. The molecule has 1 saturated heterocycles. The third-order valence-corrected chi connectivity index (χ3v) is 5.78. The number of amides is 2. The van der Waals surface area contributed by atoms with E-state index < -0.39 is 0 Å². The van der Waals surface area contributed by atoms with E-state index in [0.29, 0.717) is 29.9 Å². The Labute approximate surface area is 169 Å². The second-order valence-corrected chi connectivity index (χ2v) is 7.97. The van der Waals surface area contributed by atoms with E-state index in [2.05, 4.69) is 10.3 Å². The van der Waals surface area contributed by atoms with E-state index >= 15 is 0 Å². The first kappa shape index (κ1) is 19.5. The predicted octanol–water partition coefficient (Wildman–Crippen LogP) is 2.35. The second-order valence-electron chi connectivity index (χ2n) is 7.97. The quantitative estimate of drug-likeness (QED) is 0.830. The Morgan fingerprint density at radius 1 is 1.10 bits per heavy atom. The SMILES string of the molecule is NC1CN(C(=O)[C@H]2CC[C@H](NC(=O)c3ccc(-c4cccc(F)c4)nc3)CC2)C1. The number of carbonyl (C=O) groups excluding carboxylic acids is 2. The van der Waals surface area contributed by atoms with E-state index in [1.54, 1.807) is 24.3 Å². The van der Waals surface area contributed by atoms with Gasteiger partial charge in [-0.3, -0.25) is 14.6 Å². The van der Waals surface area contributed by atoms with Gasteiger partial charge in [0, 0.05) is 42.9 Å². The van der Waals surface area contributed by atoms with Crippen LogP contribution in [0.3, 0.4) is 0 Å². The molecule has 0 unspecified atom stereocenters. The van der Waals surface area contributed by atoms with Gasteiger partial charge in [-0.2, -0.15) is 0 Å². The summed E-state index contributed by atoms with van der Waals surface area (Å²) in [5, 5.41) is 3.04. The smallest absolute Gasteiger partial charge is 0.253 e. The van der Waals surface area contributed by atoms with E-state index in [1.807, 2.05) is 4.90 Å². The van der Waals surface area contributed by atoms with Crippen molar-refractivity contribution in [2.24, 2.45) is 11.7 Å². The van der Waals surface area contributed by atoms with Crippen molar-refractivity contribution in [3.63, 3.8) is 0 Å². The zero-order chi connectivity index (χ0) is 20.4. The molecule has 0 atom stereocenters. The van der Waals surface area contributed by atoms with Gasteiger partial charge in [0.25, 0.3) is 5.91 Å².